The maximum atomic E-state index is 12.6. The van der Waals surface area contributed by atoms with Gasteiger partial charge in [-0.2, -0.15) is 19.2 Å². The van der Waals surface area contributed by atoms with Gasteiger partial charge in [0.25, 0.3) is 0 Å². The van der Waals surface area contributed by atoms with Crippen molar-refractivity contribution in [3.8, 4) is 0 Å². The van der Waals surface area contributed by atoms with E-state index in [1.807, 2.05) is 42.5 Å². The van der Waals surface area contributed by atoms with Gasteiger partial charge in [-0.25, -0.2) is 0 Å². The highest BCUT2D eigenvalue weighted by Crippen LogP contribution is 2.45. The molecule has 0 saturated heterocycles. The molecule has 0 aliphatic carbocycles. The van der Waals surface area contributed by atoms with Crippen LogP contribution in [0.1, 0.15) is 102 Å². The molecule has 6 nitrogen and oxygen atoms in total. The minimum Gasteiger partial charge on any atom is -0.351 e. The predicted molar refractivity (Wildman–Crippen MR) is 159 cm³/mol. The van der Waals surface area contributed by atoms with Crippen molar-refractivity contribution >= 4 is 24.8 Å². The van der Waals surface area contributed by atoms with Crippen molar-refractivity contribution in [3.63, 3.8) is 0 Å². The van der Waals surface area contributed by atoms with Crippen LogP contribution in [0.25, 0.3) is 10.8 Å². The molecule has 1 atom stereocenters. The zero-order chi connectivity index (χ0) is 27.5. The van der Waals surface area contributed by atoms with Gasteiger partial charge in [0.15, 0.2) is 0 Å². The van der Waals surface area contributed by atoms with Crippen LogP contribution in [0, 0.1) is 0 Å². The average Bonchev–Trinajstić information content (AvgIpc) is 2.89. The Labute approximate surface area is 230 Å². The summed E-state index contributed by atoms with van der Waals surface area (Å²) < 4.78 is 4.87. The van der Waals surface area contributed by atoms with Gasteiger partial charge < -0.3 is 5.32 Å². The van der Waals surface area contributed by atoms with Crippen LogP contribution in [-0.2, 0) is 15.7 Å². The number of fused-ring (bicyclic) bond motifs is 1. The zero-order valence-electron chi connectivity index (χ0n) is 23.2. The molecule has 0 fully saturated rings. The Balaban J connectivity index is 1.64. The topological polar surface area (TPSA) is 99.0 Å². The summed E-state index contributed by atoms with van der Waals surface area (Å²) in [6.07, 6.45) is 21.2. The first-order valence-corrected chi connectivity index (χ1v) is 16.1. The summed E-state index contributed by atoms with van der Waals surface area (Å²) in [6, 6.07) is 13.5. The maximum Gasteiger partial charge on any atom is 0.567 e. The number of unbranched alkanes of at least 4 members (excludes halogenated alkanes) is 11. The molecular formula is C31H49NO5P+. The molecule has 2 aromatic rings. The lowest BCUT2D eigenvalue weighted by Gasteiger charge is -2.19. The number of rotatable bonds is 21. The molecule has 0 spiro atoms. The molecule has 0 aliphatic heterocycles. The highest BCUT2D eigenvalue weighted by atomic mass is 31.2. The predicted octanol–water partition coefficient (Wildman–Crippen LogP) is 7.58. The van der Waals surface area contributed by atoms with Crippen molar-refractivity contribution in [1.29, 1.82) is 0 Å². The van der Waals surface area contributed by atoms with E-state index >= 15 is 0 Å². The number of allylic oxidation sites excluding steroid dienone is 2. The molecule has 2 aromatic carbocycles. The summed E-state index contributed by atoms with van der Waals surface area (Å²) in [4.78, 5) is 40.4. The number of amides is 1. The van der Waals surface area contributed by atoms with Crippen LogP contribution >= 0.6 is 8.17 Å². The molecule has 1 unspecified atom stereocenters. The Morgan fingerprint density at radius 1 is 0.842 bits per heavy atom. The number of carbonyl (C=O) groups excluding carboxylic acids is 1. The Morgan fingerprint density at radius 2 is 1.45 bits per heavy atom. The van der Waals surface area contributed by atoms with E-state index in [-0.39, 0.29) is 12.5 Å². The van der Waals surface area contributed by atoms with Crippen molar-refractivity contribution in [2.24, 2.45) is 0 Å². The van der Waals surface area contributed by atoms with Crippen LogP contribution in [0.5, 0.6) is 0 Å². The molecule has 2 rings (SSSR count). The monoisotopic (exact) mass is 546 g/mol. The SMILES string of the molecule is CCCCCCCC/C=C\CCCCCCCC(=O)NC(CO[P+](O)(O)O)Cc1cccc2ccccc12. The quantitative estimate of drug-likeness (QED) is 0.0735. The van der Waals surface area contributed by atoms with Gasteiger partial charge in [0.1, 0.15) is 6.61 Å². The number of hydrogen-bond donors (Lipinski definition) is 4. The van der Waals surface area contributed by atoms with Crippen LogP contribution in [0.4, 0.5) is 0 Å². The van der Waals surface area contributed by atoms with Gasteiger partial charge in [-0.1, -0.05) is 113 Å². The van der Waals surface area contributed by atoms with E-state index in [9.17, 15) is 19.5 Å². The second-order valence-corrected chi connectivity index (χ2v) is 11.5. The first-order chi connectivity index (χ1) is 18.4. The molecule has 38 heavy (non-hydrogen) atoms. The molecule has 1 amide bonds. The Kier molecular flexibility index (Phi) is 16.4. The van der Waals surface area contributed by atoms with Crippen LogP contribution < -0.4 is 5.32 Å². The standard InChI is InChI=1S/C31H48NO5P/c1-2-3-4-5-6-7-8-9-10-11-12-13-14-15-16-24-31(33)32-29(26-37-38(34,35)36)25-28-22-19-21-27-20-17-18-23-30(27)28/h9-10,17-23,29,34-36H,2-8,11-16,24-26H2,1H3/p+1/b10-9-. The van der Waals surface area contributed by atoms with E-state index < -0.39 is 14.2 Å². The molecule has 0 radical (unpaired) electrons. The van der Waals surface area contributed by atoms with Gasteiger partial charge in [0.2, 0.25) is 5.91 Å². The van der Waals surface area contributed by atoms with E-state index in [0.29, 0.717) is 12.8 Å². The molecule has 0 bridgehead atoms. The molecular weight excluding hydrogens is 497 g/mol. The smallest absolute Gasteiger partial charge is 0.351 e. The van der Waals surface area contributed by atoms with Crippen molar-refractivity contribution < 1.29 is 24.0 Å². The van der Waals surface area contributed by atoms with Crippen molar-refractivity contribution in [1.82, 2.24) is 5.32 Å². The van der Waals surface area contributed by atoms with Gasteiger partial charge in [0.05, 0.1) is 6.04 Å². The van der Waals surface area contributed by atoms with Crippen LogP contribution in [0.3, 0.4) is 0 Å². The molecule has 0 aliphatic rings. The molecule has 212 valence electrons. The third-order valence-electron chi connectivity index (χ3n) is 6.83. The first-order valence-electron chi connectivity index (χ1n) is 14.5. The lowest BCUT2D eigenvalue weighted by Crippen LogP contribution is -2.39. The fourth-order valence-electron chi connectivity index (χ4n) is 4.73. The number of hydrogen-bond acceptors (Lipinski definition) is 5. The summed E-state index contributed by atoms with van der Waals surface area (Å²) in [6.45, 7) is 2.07. The van der Waals surface area contributed by atoms with Crippen LogP contribution in [-0.4, -0.2) is 33.2 Å². The van der Waals surface area contributed by atoms with Gasteiger partial charge in [-0.3, -0.25) is 4.79 Å². The Morgan fingerprint density at radius 3 is 2.13 bits per heavy atom. The van der Waals surface area contributed by atoms with Gasteiger partial charge in [-0.15, -0.1) is 0 Å². The lowest BCUT2D eigenvalue weighted by molar-refractivity contribution is -0.122. The maximum absolute atomic E-state index is 12.6. The van der Waals surface area contributed by atoms with Gasteiger partial charge in [-0.05, 0) is 54.9 Å². The second kappa shape index (κ2) is 19.3. The van der Waals surface area contributed by atoms with E-state index in [1.54, 1.807) is 0 Å². The van der Waals surface area contributed by atoms with Crippen molar-refractivity contribution in [2.45, 2.75) is 109 Å². The highest BCUT2D eigenvalue weighted by Gasteiger charge is 2.34. The fraction of sp³-hybridized carbons (Fsp3) is 0.581. The summed E-state index contributed by atoms with van der Waals surface area (Å²) >= 11 is 0. The average molecular weight is 547 g/mol. The molecule has 0 heterocycles. The molecule has 7 heteroatoms. The molecule has 0 saturated carbocycles. The summed E-state index contributed by atoms with van der Waals surface area (Å²) in [5.41, 5.74) is 1.02. The van der Waals surface area contributed by atoms with E-state index in [4.69, 9.17) is 4.52 Å². The second-order valence-electron chi connectivity index (χ2n) is 10.3. The van der Waals surface area contributed by atoms with Gasteiger partial charge in [0, 0.05) is 6.42 Å². The van der Waals surface area contributed by atoms with Gasteiger partial charge >= 0.3 is 8.17 Å². The lowest BCUT2D eigenvalue weighted by atomic mass is 9.99. The fourth-order valence-corrected chi connectivity index (χ4v) is 5.11. The van der Waals surface area contributed by atoms with E-state index in [1.165, 1.54) is 57.8 Å². The Bertz CT molecular complexity index is 938. The van der Waals surface area contributed by atoms with E-state index in [2.05, 4.69) is 24.4 Å². The Hall–Kier alpha value is -1.82. The zero-order valence-corrected chi connectivity index (χ0v) is 24.1. The third-order valence-corrected chi connectivity index (χ3v) is 7.32. The van der Waals surface area contributed by atoms with Crippen molar-refractivity contribution in [2.75, 3.05) is 6.61 Å². The number of benzene rings is 2. The molecule has 0 aromatic heterocycles. The number of carbonyl (C=O) groups is 1. The van der Waals surface area contributed by atoms with E-state index in [0.717, 1.165) is 42.0 Å². The van der Waals surface area contributed by atoms with Crippen LogP contribution in [0.15, 0.2) is 54.6 Å². The summed E-state index contributed by atoms with van der Waals surface area (Å²) in [5, 5.41) is 5.13. The van der Waals surface area contributed by atoms with Crippen molar-refractivity contribution in [3.05, 3.63) is 60.2 Å². The largest absolute Gasteiger partial charge is 0.567 e. The molecule has 4 N–H and O–H groups in total. The highest BCUT2D eigenvalue weighted by molar-refractivity contribution is 7.53. The normalized spacial score (nSPS) is 12.8. The summed E-state index contributed by atoms with van der Waals surface area (Å²) in [7, 11) is -4.38. The minimum atomic E-state index is -4.38. The third kappa shape index (κ3) is 14.9. The first kappa shape index (κ1) is 32.4. The summed E-state index contributed by atoms with van der Waals surface area (Å²) in [5.74, 6) is -0.0887. The minimum absolute atomic E-state index is 0.0887. The number of nitrogens with one attached hydrogen (secondary N) is 1. The van der Waals surface area contributed by atoms with Crippen LogP contribution in [0.2, 0.25) is 0 Å².